The average molecular weight is 212 g/mol. The first kappa shape index (κ1) is 11.6. The van der Waals surface area contributed by atoms with Crippen molar-refractivity contribution in [2.45, 2.75) is 13.8 Å². The lowest BCUT2D eigenvalue weighted by molar-refractivity contribution is 0.463. The Hall–Kier alpha value is -1.45. The minimum atomic E-state index is -0.651. The molecule has 0 aromatic heterocycles. The Kier molecular flexibility index (Phi) is 3.77. The van der Waals surface area contributed by atoms with Gasteiger partial charge in [-0.3, -0.25) is 5.41 Å². The van der Waals surface area contributed by atoms with E-state index in [-0.39, 0.29) is 11.4 Å². The molecule has 82 valence electrons. The van der Waals surface area contributed by atoms with Gasteiger partial charge in [0.2, 0.25) is 0 Å². The minimum Gasteiger partial charge on any atom is -0.357 e. The van der Waals surface area contributed by atoms with Crippen molar-refractivity contribution in [2.75, 3.05) is 13.1 Å². The lowest BCUT2D eigenvalue weighted by atomic mass is 10.2. The largest absolute Gasteiger partial charge is 0.357 e. The summed E-state index contributed by atoms with van der Waals surface area (Å²) in [6.07, 6.45) is 0. The van der Waals surface area contributed by atoms with Gasteiger partial charge in [0.05, 0.1) is 0 Å². The molecule has 0 amide bonds. The lowest BCUT2D eigenvalue weighted by Crippen LogP contribution is -2.30. The van der Waals surface area contributed by atoms with E-state index in [9.17, 15) is 8.78 Å². The molecule has 0 spiro atoms. The first-order valence-electron chi connectivity index (χ1n) is 4.88. The summed E-state index contributed by atoms with van der Waals surface area (Å²) in [5.41, 5.74) is 0.274. The molecule has 15 heavy (non-hydrogen) atoms. The molecule has 4 heteroatoms. The summed E-state index contributed by atoms with van der Waals surface area (Å²) in [4.78, 5) is 1.73. The van der Waals surface area contributed by atoms with E-state index in [0.29, 0.717) is 13.1 Å². The highest BCUT2D eigenvalue weighted by molar-refractivity contribution is 5.96. The van der Waals surface area contributed by atoms with E-state index in [2.05, 4.69) is 0 Å². The summed E-state index contributed by atoms with van der Waals surface area (Å²) >= 11 is 0. The van der Waals surface area contributed by atoms with Gasteiger partial charge in [-0.25, -0.2) is 8.78 Å². The predicted octanol–water partition coefficient (Wildman–Crippen LogP) is 2.63. The molecule has 1 rings (SSSR count). The van der Waals surface area contributed by atoms with E-state index < -0.39 is 11.6 Å². The average Bonchev–Trinajstić information content (AvgIpc) is 2.18. The molecule has 0 saturated carbocycles. The zero-order valence-electron chi connectivity index (χ0n) is 8.85. The van der Waals surface area contributed by atoms with Crippen LogP contribution in [0, 0.1) is 17.0 Å². The molecule has 2 nitrogen and oxygen atoms in total. The smallest absolute Gasteiger partial charge is 0.128 e. The molecule has 0 radical (unpaired) electrons. The Morgan fingerprint density at radius 2 is 1.60 bits per heavy atom. The fourth-order valence-corrected chi connectivity index (χ4v) is 1.41. The van der Waals surface area contributed by atoms with Gasteiger partial charge < -0.3 is 4.90 Å². The zero-order chi connectivity index (χ0) is 11.4. The van der Waals surface area contributed by atoms with Crippen LogP contribution in [-0.2, 0) is 0 Å². The van der Waals surface area contributed by atoms with Crippen molar-refractivity contribution in [3.05, 3.63) is 35.4 Å². The molecule has 0 atom stereocenters. The van der Waals surface area contributed by atoms with Crippen LogP contribution in [-0.4, -0.2) is 23.8 Å². The summed E-state index contributed by atoms with van der Waals surface area (Å²) in [7, 11) is 0. The number of hydrogen-bond acceptors (Lipinski definition) is 1. The van der Waals surface area contributed by atoms with E-state index in [1.54, 1.807) is 4.90 Å². The molecule has 0 heterocycles. The summed E-state index contributed by atoms with van der Waals surface area (Å²) in [6.45, 7) is 5.09. The van der Waals surface area contributed by atoms with Crippen molar-refractivity contribution in [1.29, 1.82) is 5.41 Å². The summed E-state index contributed by atoms with van der Waals surface area (Å²) < 4.78 is 25.8. The van der Waals surface area contributed by atoms with Gasteiger partial charge in [0, 0.05) is 24.7 Å². The molecule has 0 aliphatic carbocycles. The standard InChI is InChI=1S/C11H14F2N2/c1-3-15(4-2)11(14)8-5-9(12)7-10(13)6-8/h5-7,14H,3-4H2,1-2H3. The molecular weight excluding hydrogens is 198 g/mol. The lowest BCUT2D eigenvalue weighted by Gasteiger charge is -2.21. The summed E-state index contributed by atoms with van der Waals surface area (Å²) in [5, 5.41) is 7.77. The van der Waals surface area contributed by atoms with Gasteiger partial charge in [0.1, 0.15) is 17.5 Å². The SMILES string of the molecule is CCN(CC)C(=N)c1cc(F)cc(F)c1. The monoisotopic (exact) mass is 212 g/mol. The number of nitrogens with zero attached hydrogens (tertiary/aromatic N) is 1. The van der Waals surface area contributed by atoms with Gasteiger partial charge in [0.25, 0.3) is 0 Å². The number of hydrogen-bond donors (Lipinski definition) is 1. The van der Waals surface area contributed by atoms with Gasteiger partial charge >= 0.3 is 0 Å². The molecule has 0 fully saturated rings. The maximum Gasteiger partial charge on any atom is 0.128 e. The Bertz CT molecular complexity index is 339. The van der Waals surface area contributed by atoms with Crippen LogP contribution in [0.1, 0.15) is 19.4 Å². The Morgan fingerprint density at radius 1 is 1.13 bits per heavy atom. The predicted molar refractivity (Wildman–Crippen MR) is 56.1 cm³/mol. The molecular formula is C11H14F2N2. The van der Waals surface area contributed by atoms with E-state index in [4.69, 9.17) is 5.41 Å². The van der Waals surface area contributed by atoms with E-state index in [1.807, 2.05) is 13.8 Å². The van der Waals surface area contributed by atoms with Crippen molar-refractivity contribution in [2.24, 2.45) is 0 Å². The second-order valence-corrected chi connectivity index (χ2v) is 3.18. The second-order valence-electron chi connectivity index (χ2n) is 3.18. The summed E-state index contributed by atoms with van der Waals surface area (Å²) in [6, 6.07) is 3.15. The van der Waals surface area contributed by atoms with Gasteiger partial charge in [-0.15, -0.1) is 0 Å². The number of benzene rings is 1. The van der Waals surface area contributed by atoms with Crippen molar-refractivity contribution >= 4 is 5.84 Å². The normalized spacial score (nSPS) is 10.1. The van der Waals surface area contributed by atoms with Crippen LogP contribution >= 0.6 is 0 Å². The first-order valence-corrected chi connectivity index (χ1v) is 4.88. The van der Waals surface area contributed by atoms with Crippen LogP contribution in [0.4, 0.5) is 8.78 Å². The Morgan fingerprint density at radius 3 is 2.00 bits per heavy atom. The molecule has 1 aromatic rings. The third-order valence-corrected chi connectivity index (χ3v) is 2.22. The van der Waals surface area contributed by atoms with E-state index in [1.165, 1.54) is 12.1 Å². The van der Waals surface area contributed by atoms with E-state index in [0.717, 1.165) is 6.07 Å². The highest BCUT2D eigenvalue weighted by atomic mass is 19.1. The van der Waals surface area contributed by atoms with Crippen LogP contribution in [0.15, 0.2) is 18.2 Å². The third kappa shape index (κ3) is 2.75. The van der Waals surface area contributed by atoms with Gasteiger partial charge in [0.15, 0.2) is 0 Å². The molecule has 0 bridgehead atoms. The first-order chi connectivity index (χ1) is 7.08. The molecule has 1 aromatic carbocycles. The molecule has 0 aliphatic rings. The number of amidine groups is 1. The fourth-order valence-electron chi connectivity index (χ4n) is 1.41. The van der Waals surface area contributed by atoms with Crippen molar-refractivity contribution in [1.82, 2.24) is 4.90 Å². The molecule has 0 saturated heterocycles. The second kappa shape index (κ2) is 4.87. The van der Waals surface area contributed by atoms with Crippen molar-refractivity contribution in [3.8, 4) is 0 Å². The highest BCUT2D eigenvalue weighted by Gasteiger charge is 2.10. The maximum atomic E-state index is 12.9. The number of halogens is 2. The number of nitrogens with one attached hydrogen (secondary N) is 1. The van der Waals surface area contributed by atoms with Gasteiger partial charge in [-0.1, -0.05) is 0 Å². The fraction of sp³-hybridized carbons (Fsp3) is 0.364. The van der Waals surface area contributed by atoms with Crippen LogP contribution in [0.3, 0.4) is 0 Å². The quantitative estimate of drug-likeness (QED) is 0.605. The van der Waals surface area contributed by atoms with Gasteiger partial charge in [-0.2, -0.15) is 0 Å². The van der Waals surface area contributed by atoms with Gasteiger partial charge in [-0.05, 0) is 26.0 Å². The minimum absolute atomic E-state index is 0.151. The summed E-state index contributed by atoms with van der Waals surface area (Å²) in [5.74, 6) is -1.15. The van der Waals surface area contributed by atoms with E-state index >= 15 is 0 Å². The zero-order valence-corrected chi connectivity index (χ0v) is 8.85. The Balaban J connectivity index is 3.00. The van der Waals surface area contributed by atoms with Crippen LogP contribution < -0.4 is 0 Å². The molecule has 0 unspecified atom stereocenters. The maximum absolute atomic E-state index is 12.9. The van der Waals surface area contributed by atoms with Crippen LogP contribution in [0.2, 0.25) is 0 Å². The molecule has 0 aliphatic heterocycles. The topological polar surface area (TPSA) is 27.1 Å². The van der Waals surface area contributed by atoms with Crippen LogP contribution in [0.25, 0.3) is 0 Å². The molecule has 1 N–H and O–H groups in total. The highest BCUT2D eigenvalue weighted by Crippen LogP contribution is 2.10. The number of rotatable bonds is 3. The van der Waals surface area contributed by atoms with Crippen LogP contribution in [0.5, 0.6) is 0 Å². The van der Waals surface area contributed by atoms with Crippen molar-refractivity contribution < 1.29 is 8.78 Å². The Labute approximate surface area is 88.0 Å². The third-order valence-electron chi connectivity index (χ3n) is 2.22. The van der Waals surface area contributed by atoms with Crippen molar-refractivity contribution in [3.63, 3.8) is 0 Å².